The van der Waals surface area contributed by atoms with Crippen LogP contribution in [0.5, 0.6) is 11.6 Å². The first-order chi connectivity index (χ1) is 16.5. The minimum Gasteiger partial charge on any atom is -0.439 e. The maximum absolute atomic E-state index is 10.7. The fourth-order valence-corrected chi connectivity index (χ4v) is 4.22. The van der Waals surface area contributed by atoms with Crippen LogP contribution < -0.4 is 4.74 Å². The SMILES string of the molecule is CCCCOC[C@H](O)CN(Cc1c(-c2ccccc2)nn(C)c1Oc1cccc(C)c1)C1CC1. The molecule has 1 N–H and O–H groups in total. The van der Waals surface area contributed by atoms with Crippen LogP contribution in [0, 0.1) is 6.92 Å². The van der Waals surface area contributed by atoms with Gasteiger partial charge < -0.3 is 14.6 Å². The first-order valence-electron chi connectivity index (χ1n) is 12.4. The zero-order chi connectivity index (χ0) is 23.9. The molecule has 1 aliphatic rings. The molecule has 0 aliphatic heterocycles. The topological polar surface area (TPSA) is 59.8 Å². The van der Waals surface area contributed by atoms with Crippen molar-refractivity contribution in [1.29, 1.82) is 0 Å². The highest BCUT2D eigenvalue weighted by Crippen LogP contribution is 2.37. The minimum absolute atomic E-state index is 0.369. The third-order valence-electron chi connectivity index (χ3n) is 6.16. The normalized spacial score (nSPS) is 14.5. The van der Waals surface area contributed by atoms with E-state index in [0.29, 0.717) is 32.3 Å². The zero-order valence-electron chi connectivity index (χ0n) is 20.6. The summed E-state index contributed by atoms with van der Waals surface area (Å²) in [5, 5.41) is 15.5. The Morgan fingerprint density at radius 1 is 1.15 bits per heavy atom. The molecule has 6 nitrogen and oxygen atoms in total. The number of ether oxygens (including phenoxy) is 2. The Labute approximate surface area is 203 Å². The van der Waals surface area contributed by atoms with Crippen molar-refractivity contribution in [2.24, 2.45) is 7.05 Å². The van der Waals surface area contributed by atoms with Gasteiger partial charge in [0.15, 0.2) is 0 Å². The van der Waals surface area contributed by atoms with Crippen molar-refractivity contribution < 1.29 is 14.6 Å². The fourth-order valence-electron chi connectivity index (χ4n) is 4.22. The van der Waals surface area contributed by atoms with E-state index in [1.807, 2.05) is 48.1 Å². The molecular formula is C28H37N3O3. The van der Waals surface area contributed by atoms with E-state index in [1.165, 1.54) is 0 Å². The highest BCUT2D eigenvalue weighted by atomic mass is 16.5. The van der Waals surface area contributed by atoms with E-state index in [-0.39, 0.29) is 0 Å². The number of hydrogen-bond acceptors (Lipinski definition) is 5. The fraction of sp³-hybridized carbons (Fsp3) is 0.464. The van der Waals surface area contributed by atoms with E-state index in [2.05, 4.69) is 36.9 Å². The molecule has 0 radical (unpaired) electrons. The molecule has 0 unspecified atom stereocenters. The van der Waals surface area contributed by atoms with Crippen molar-refractivity contribution in [3.63, 3.8) is 0 Å². The quantitative estimate of drug-likeness (QED) is 0.347. The van der Waals surface area contributed by atoms with Crippen LogP contribution in [0.15, 0.2) is 54.6 Å². The molecule has 182 valence electrons. The number of unbranched alkanes of at least 4 members (excludes halogenated alkanes) is 1. The van der Waals surface area contributed by atoms with E-state index in [9.17, 15) is 5.11 Å². The molecule has 1 saturated carbocycles. The second kappa shape index (κ2) is 11.6. The molecule has 0 bridgehead atoms. The van der Waals surface area contributed by atoms with Gasteiger partial charge in [0.2, 0.25) is 5.88 Å². The molecule has 0 spiro atoms. The summed E-state index contributed by atoms with van der Waals surface area (Å²) >= 11 is 0. The lowest BCUT2D eigenvalue weighted by Crippen LogP contribution is -2.36. The second-order valence-electron chi connectivity index (χ2n) is 9.28. The summed E-state index contributed by atoms with van der Waals surface area (Å²) in [7, 11) is 1.93. The molecule has 0 amide bonds. The summed E-state index contributed by atoms with van der Waals surface area (Å²) in [6.45, 7) is 6.51. The summed E-state index contributed by atoms with van der Waals surface area (Å²) in [4.78, 5) is 2.36. The Balaban J connectivity index is 1.60. The zero-order valence-corrected chi connectivity index (χ0v) is 20.6. The van der Waals surface area contributed by atoms with Crippen LogP contribution in [-0.2, 0) is 18.3 Å². The maximum atomic E-state index is 10.7. The molecule has 1 atom stereocenters. The molecule has 1 fully saturated rings. The number of aryl methyl sites for hydroxylation is 2. The number of hydrogen-bond donors (Lipinski definition) is 1. The number of aliphatic hydroxyl groups excluding tert-OH is 1. The minimum atomic E-state index is -0.518. The summed E-state index contributed by atoms with van der Waals surface area (Å²) < 4.78 is 13.9. The van der Waals surface area contributed by atoms with Crippen molar-refractivity contribution >= 4 is 0 Å². The van der Waals surface area contributed by atoms with Crippen LogP contribution in [0.3, 0.4) is 0 Å². The van der Waals surface area contributed by atoms with Gasteiger partial charge in [-0.05, 0) is 43.9 Å². The standard InChI is InChI=1S/C28H37N3O3/c1-4-5-16-33-20-24(32)18-31(23-14-15-23)19-26-27(22-11-7-6-8-12-22)29-30(3)28(26)34-25-13-9-10-21(2)17-25/h6-13,17,23-24,32H,4-5,14-16,18-20H2,1-3H3/t24-/m1/s1. The summed E-state index contributed by atoms with van der Waals surface area (Å²) in [5.41, 5.74) is 4.17. The van der Waals surface area contributed by atoms with E-state index in [1.54, 1.807) is 0 Å². The Kier molecular flexibility index (Phi) is 8.38. The molecule has 1 heterocycles. The number of aliphatic hydroxyl groups is 1. The molecule has 1 aromatic heterocycles. The lowest BCUT2D eigenvalue weighted by Gasteiger charge is -2.25. The van der Waals surface area contributed by atoms with Crippen LogP contribution in [0.25, 0.3) is 11.3 Å². The highest BCUT2D eigenvalue weighted by Gasteiger charge is 2.33. The number of benzene rings is 2. The van der Waals surface area contributed by atoms with Crippen LogP contribution >= 0.6 is 0 Å². The summed E-state index contributed by atoms with van der Waals surface area (Å²) in [6.07, 6.45) is 3.90. The second-order valence-corrected chi connectivity index (χ2v) is 9.28. The molecule has 0 saturated heterocycles. The van der Waals surface area contributed by atoms with Crippen LogP contribution in [0.4, 0.5) is 0 Å². The number of aromatic nitrogens is 2. The Morgan fingerprint density at radius 2 is 1.94 bits per heavy atom. The van der Waals surface area contributed by atoms with E-state index in [4.69, 9.17) is 14.6 Å². The Hall–Kier alpha value is -2.67. The highest BCUT2D eigenvalue weighted by molar-refractivity contribution is 5.65. The van der Waals surface area contributed by atoms with Crippen molar-refractivity contribution in [2.75, 3.05) is 19.8 Å². The van der Waals surface area contributed by atoms with Gasteiger partial charge in [0.1, 0.15) is 11.4 Å². The van der Waals surface area contributed by atoms with Crippen molar-refractivity contribution in [2.45, 2.75) is 58.2 Å². The van der Waals surface area contributed by atoms with Crippen LogP contribution in [0.2, 0.25) is 0 Å². The average Bonchev–Trinajstić information content (AvgIpc) is 3.64. The predicted octanol–water partition coefficient (Wildman–Crippen LogP) is 5.33. The molecule has 3 aromatic rings. The van der Waals surface area contributed by atoms with Crippen molar-refractivity contribution in [1.82, 2.24) is 14.7 Å². The van der Waals surface area contributed by atoms with Gasteiger partial charge in [0.25, 0.3) is 0 Å². The van der Waals surface area contributed by atoms with Crippen molar-refractivity contribution in [3.8, 4) is 22.9 Å². The largest absolute Gasteiger partial charge is 0.439 e. The van der Waals surface area contributed by atoms with Gasteiger partial charge >= 0.3 is 0 Å². The van der Waals surface area contributed by atoms with Crippen LogP contribution in [0.1, 0.15) is 43.7 Å². The van der Waals surface area contributed by atoms with Gasteiger partial charge in [0, 0.05) is 38.3 Å². The van der Waals surface area contributed by atoms with Gasteiger partial charge in [-0.3, -0.25) is 4.90 Å². The number of nitrogens with zero attached hydrogens (tertiary/aromatic N) is 3. The molecular weight excluding hydrogens is 426 g/mol. The van der Waals surface area contributed by atoms with E-state index in [0.717, 1.165) is 59.7 Å². The first-order valence-corrected chi connectivity index (χ1v) is 12.4. The van der Waals surface area contributed by atoms with Gasteiger partial charge in [-0.2, -0.15) is 5.10 Å². The maximum Gasteiger partial charge on any atom is 0.222 e. The van der Waals surface area contributed by atoms with Gasteiger partial charge in [-0.1, -0.05) is 55.8 Å². The molecule has 6 heteroatoms. The molecule has 4 rings (SSSR count). The molecule has 2 aromatic carbocycles. The third-order valence-corrected chi connectivity index (χ3v) is 6.16. The van der Waals surface area contributed by atoms with E-state index >= 15 is 0 Å². The van der Waals surface area contributed by atoms with Gasteiger partial charge in [0.05, 0.1) is 18.3 Å². The van der Waals surface area contributed by atoms with E-state index < -0.39 is 6.10 Å². The summed E-state index contributed by atoms with van der Waals surface area (Å²) in [6, 6.07) is 18.8. The number of rotatable bonds is 13. The van der Waals surface area contributed by atoms with Gasteiger partial charge in [-0.15, -0.1) is 0 Å². The summed E-state index contributed by atoms with van der Waals surface area (Å²) in [5.74, 6) is 1.54. The lowest BCUT2D eigenvalue weighted by molar-refractivity contribution is 0.0127. The Morgan fingerprint density at radius 3 is 2.65 bits per heavy atom. The lowest BCUT2D eigenvalue weighted by atomic mass is 10.1. The monoisotopic (exact) mass is 463 g/mol. The Bertz CT molecular complexity index is 1050. The van der Waals surface area contributed by atoms with Gasteiger partial charge in [-0.25, -0.2) is 4.68 Å². The predicted molar refractivity (Wildman–Crippen MR) is 135 cm³/mol. The van der Waals surface area contributed by atoms with Crippen molar-refractivity contribution in [3.05, 3.63) is 65.7 Å². The third kappa shape index (κ3) is 6.47. The molecule has 1 aliphatic carbocycles. The smallest absolute Gasteiger partial charge is 0.222 e. The average molecular weight is 464 g/mol. The van der Waals surface area contributed by atoms with Crippen LogP contribution in [-0.4, -0.2) is 51.7 Å². The molecule has 34 heavy (non-hydrogen) atoms. The first kappa shape index (κ1) is 24.5.